The zero-order chi connectivity index (χ0) is 19.5. The van der Waals surface area contributed by atoms with Crippen LogP contribution in [0.25, 0.3) is 21.8 Å². The molecule has 4 rings (SSSR count). The third kappa shape index (κ3) is 3.83. The van der Waals surface area contributed by atoms with Crippen LogP contribution in [0.2, 0.25) is 0 Å². The van der Waals surface area contributed by atoms with Crippen molar-refractivity contribution in [1.29, 1.82) is 0 Å². The summed E-state index contributed by atoms with van der Waals surface area (Å²) in [6, 6.07) is 16.0. The summed E-state index contributed by atoms with van der Waals surface area (Å²) >= 11 is 0. The average molecular weight is 373 g/mol. The van der Waals surface area contributed by atoms with E-state index in [9.17, 15) is 9.59 Å². The van der Waals surface area contributed by atoms with Crippen LogP contribution in [0.5, 0.6) is 0 Å². The zero-order valence-electron chi connectivity index (χ0n) is 15.8. The Morgan fingerprint density at radius 1 is 1.04 bits per heavy atom. The van der Waals surface area contributed by atoms with Crippen LogP contribution in [0.3, 0.4) is 0 Å². The fraction of sp³-hybridized carbons (Fsp3) is 0.217. The maximum atomic E-state index is 12.2. The first-order chi connectivity index (χ1) is 13.6. The Morgan fingerprint density at radius 2 is 1.89 bits per heavy atom. The highest BCUT2D eigenvalue weighted by atomic mass is 16.1. The number of aromatic nitrogens is 2. The van der Waals surface area contributed by atoms with E-state index in [1.165, 1.54) is 10.9 Å². The Morgan fingerprint density at radius 3 is 2.79 bits per heavy atom. The number of fused-ring (bicyclic) bond motifs is 2. The van der Waals surface area contributed by atoms with Crippen molar-refractivity contribution in [2.45, 2.75) is 26.2 Å². The Labute approximate surface area is 162 Å². The van der Waals surface area contributed by atoms with Crippen LogP contribution in [0.15, 0.2) is 59.5 Å². The van der Waals surface area contributed by atoms with E-state index in [0.29, 0.717) is 24.9 Å². The smallest absolute Gasteiger partial charge is 0.251 e. The molecule has 0 aliphatic carbocycles. The summed E-state index contributed by atoms with van der Waals surface area (Å²) in [5.74, 6) is 0.0392. The lowest BCUT2D eigenvalue weighted by Crippen LogP contribution is -2.25. The summed E-state index contributed by atoms with van der Waals surface area (Å²) in [4.78, 5) is 30.1. The highest BCUT2D eigenvalue weighted by Crippen LogP contribution is 2.18. The van der Waals surface area contributed by atoms with Crippen molar-refractivity contribution < 1.29 is 4.79 Å². The number of hydrogen-bond donors (Lipinski definition) is 3. The van der Waals surface area contributed by atoms with E-state index >= 15 is 0 Å². The van der Waals surface area contributed by atoms with Gasteiger partial charge in [0, 0.05) is 41.1 Å². The van der Waals surface area contributed by atoms with Crippen LogP contribution in [0, 0.1) is 6.92 Å². The van der Waals surface area contributed by atoms with Gasteiger partial charge in [-0.25, -0.2) is 0 Å². The molecule has 0 atom stereocenters. The van der Waals surface area contributed by atoms with Gasteiger partial charge in [-0.2, -0.15) is 0 Å². The quantitative estimate of drug-likeness (QED) is 0.483. The summed E-state index contributed by atoms with van der Waals surface area (Å²) in [6.45, 7) is 2.41. The molecule has 2 heterocycles. The van der Waals surface area contributed by atoms with E-state index in [0.717, 1.165) is 28.4 Å². The lowest BCUT2D eigenvalue weighted by atomic mass is 10.1. The third-order valence-corrected chi connectivity index (χ3v) is 5.13. The number of benzene rings is 2. The molecule has 3 N–H and O–H groups in total. The highest BCUT2D eigenvalue weighted by molar-refractivity contribution is 5.83. The fourth-order valence-electron chi connectivity index (χ4n) is 3.53. The van der Waals surface area contributed by atoms with Gasteiger partial charge in [0.1, 0.15) is 0 Å². The maximum absolute atomic E-state index is 12.2. The van der Waals surface area contributed by atoms with Crippen LogP contribution < -0.4 is 10.9 Å². The zero-order valence-corrected chi connectivity index (χ0v) is 15.8. The minimum Gasteiger partial charge on any atom is -0.361 e. The molecule has 0 unspecified atom stereocenters. The van der Waals surface area contributed by atoms with Crippen molar-refractivity contribution in [2.24, 2.45) is 0 Å². The van der Waals surface area contributed by atoms with Crippen molar-refractivity contribution in [3.63, 3.8) is 0 Å². The predicted octanol–water partition coefficient (Wildman–Crippen LogP) is 3.61. The summed E-state index contributed by atoms with van der Waals surface area (Å²) in [5, 5.41) is 5.21. The number of hydrogen-bond acceptors (Lipinski definition) is 2. The molecule has 0 saturated carbocycles. The second-order valence-corrected chi connectivity index (χ2v) is 7.16. The minimum atomic E-state index is -0.0697. The first-order valence-corrected chi connectivity index (χ1v) is 9.54. The largest absolute Gasteiger partial charge is 0.361 e. The van der Waals surface area contributed by atoms with Gasteiger partial charge in [0.25, 0.3) is 5.56 Å². The second kappa shape index (κ2) is 7.72. The normalized spacial score (nSPS) is 11.2. The molecule has 0 aliphatic rings. The van der Waals surface area contributed by atoms with E-state index in [1.807, 2.05) is 42.6 Å². The Kier molecular flexibility index (Phi) is 4.98. The number of aryl methyl sites for hydroxylation is 2. The molecule has 0 aliphatic heterocycles. The number of carbonyl (C=O) groups is 1. The van der Waals surface area contributed by atoms with Gasteiger partial charge in [-0.05, 0) is 54.5 Å². The molecule has 0 saturated heterocycles. The van der Waals surface area contributed by atoms with Gasteiger partial charge in [-0.1, -0.05) is 30.3 Å². The first-order valence-electron chi connectivity index (χ1n) is 9.54. The summed E-state index contributed by atoms with van der Waals surface area (Å²) in [5.41, 5.74) is 4.82. The van der Waals surface area contributed by atoms with Crippen LogP contribution in [-0.2, 0) is 17.6 Å². The highest BCUT2D eigenvalue weighted by Gasteiger charge is 2.06. The van der Waals surface area contributed by atoms with E-state index in [4.69, 9.17) is 0 Å². The molecule has 5 nitrogen and oxygen atoms in total. The standard InChI is InChI=1S/C23H23N3O2/c1-15-12-17-8-6-16(13-21(17)26-23(15)28)7-9-22(27)24-11-10-18-14-25-20-5-3-2-4-19(18)20/h2-6,8,12-14,25H,7,9-11H2,1H3,(H,24,27)(H,26,28). The second-order valence-electron chi connectivity index (χ2n) is 7.16. The van der Waals surface area contributed by atoms with E-state index < -0.39 is 0 Å². The number of pyridine rings is 1. The number of rotatable bonds is 6. The van der Waals surface area contributed by atoms with Crippen LogP contribution >= 0.6 is 0 Å². The van der Waals surface area contributed by atoms with Gasteiger partial charge in [0.05, 0.1) is 0 Å². The number of aromatic amines is 2. The van der Waals surface area contributed by atoms with Crippen molar-refractivity contribution in [1.82, 2.24) is 15.3 Å². The van der Waals surface area contributed by atoms with Crippen LogP contribution in [-0.4, -0.2) is 22.4 Å². The molecule has 0 bridgehead atoms. The maximum Gasteiger partial charge on any atom is 0.251 e. The third-order valence-electron chi connectivity index (χ3n) is 5.13. The van der Waals surface area contributed by atoms with Crippen LogP contribution in [0.4, 0.5) is 0 Å². The van der Waals surface area contributed by atoms with Crippen LogP contribution in [0.1, 0.15) is 23.1 Å². The monoisotopic (exact) mass is 373 g/mol. The van der Waals surface area contributed by atoms with Gasteiger partial charge in [-0.3, -0.25) is 9.59 Å². The SMILES string of the molecule is Cc1cc2ccc(CCC(=O)NCCc3c[nH]c4ccccc34)cc2[nH]c1=O. The van der Waals surface area contributed by atoms with Gasteiger partial charge in [0.15, 0.2) is 0 Å². The Balaban J connectivity index is 1.31. The molecule has 142 valence electrons. The molecule has 28 heavy (non-hydrogen) atoms. The summed E-state index contributed by atoms with van der Waals surface area (Å²) in [6.07, 6.45) is 3.88. The summed E-state index contributed by atoms with van der Waals surface area (Å²) < 4.78 is 0. The molecule has 4 aromatic rings. The van der Waals surface area contributed by atoms with Crippen molar-refractivity contribution >= 4 is 27.7 Å². The molecule has 2 aromatic heterocycles. The molecule has 1 amide bonds. The molecular weight excluding hydrogens is 350 g/mol. The van der Waals surface area contributed by atoms with E-state index in [-0.39, 0.29) is 11.5 Å². The van der Waals surface area contributed by atoms with Gasteiger partial charge in [-0.15, -0.1) is 0 Å². The lowest BCUT2D eigenvalue weighted by molar-refractivity contribution is -0.121. The number of para-hydroxylation sites is 1. The van der Waals surface area contributed by atoms with Crippen molar-refractivity contribution in [3.05, 3.63) is 81.8 Å². The Bertz CT molecular complexity index is 1200. The van der Waals surface area contributed by atoms with E-state index in [2.05, 4.69) is 27.4 Å². The average Bonchev–Trinajstić information content (AvgIpc) is 3.10. The summed E-state index contributed by atoms with van der Waals surface area (Å²) in [7, 11) is 0. The van der Waals surface area contributed by atoms with Gasteiger partial charge in [0.2, 0.25) is 5.91 Å². The van der Waals surface area contributed by atoms with Gasteiger partial charge >= 0.3 is 0 Å². The van der Waals surface area contributed by atoms with E-state index in [1.54, 1.807) is 6.92 Å². The van der Waals surface area contributed by atoms with Crippen molar-refractivity contribution in [3.8, 4) is 0 Å². The molecule has 0 spiro atoms. The molecule has 0 fully saturated rings. The Hall–Kier alpha value is -3.34. The minimum absolute atomic E-state index is 0.0392. The predicted molar refractivity (Wildman–Crippen MR) is 113 cm³/mol. The molecule has 0 radical (unpaired) electrons. The first kappa shape index (κ1) is 18.0. The number of carbonyl (C=O) groups excluding carboxylic acids is 1. The molecule has 5 heteroatoms. The van der Waals surface area contributed by atoms with Gasteiger partial charge < -0.3 is 15.3 Å². The topological polar surface area (TPSA) is 77.8 Å². The fourth-order valence-corrected chi connectivity index (χ4v) is 3.53. The number of nitrogens with one attached hydrogen (secondary N) is 3. The number of amides is 1. The molecular formula is C23H23N3O2. The lowest BCUT2D eigenvalue weighted by Gasteiger charge is -2.06. The number of H-pyrrole nitrogens is 2. The van der Waals surface area contributed by atoms with Crippen molar-refractivity contribution in [2.75, 3.05) is 6.54 Å². The molecule has 2 aromatic carbocycles.